The number of hydrogen-bond donors (Lipinski definition) is 2. The quantitative estimate of drug-likeness (QED) is 0.403. The normalized spacial score (nSPS) is 10.6. The molecule has 0 bridgehead atoms. The molecule has 0 fully saturated rings. The summed E-state index contributed by atoms with van der Waals surface area (Å²) in [6.07, 6.45) is 0. The van der Waals surface area contributed by atoms with Gasteiger partial charge in [0.2, 0.25) is 5.75 Å². The summed E-state index contributed by atoms with van der Waals surface area (Å²) in [5, 5.41) is 31.7. The van der Waals surface area contributed by atoms with Gasteiger partial charge in [-0.3, -0.25) is 10.1 Å². The van der Waals surface area contributed by atoms with Crippen LogP contribution < -0.4 is 0 Å². The molecule has 0 heterocycles. The largest absolute Gasteiger partial charge is 0.504 e. The first kappa shape index (κ1) is 16.5. The summed E-state index contributed by atoms with van der Waals surface area (Å²) in [4.78, 5) is 10.9. The van der Waals surface area contributed by atoms with Gasteiger partial charge in [0.1, 0.15) is 0 Å². The summed E-state index contributed by atoms with van der Waals surface area (Å²) < 4.78 is 0. The van der Waals surface area contributed by atoms with E-state index in [-0.39, 0.29) is 5.56 Å². The number of phenolic OH excluding ortho intramolecular Hbond substituents is 2. The van der Waals surface area contributed by atoms with E-state index in [2.05, 4.69) is 0 Å². The molecule has 2 N–H and O–H groups in total. The molecule has 5 heteroatoms. The molecule has 25 heavy (non-hydrogen) atoms. The van der Waals surface area contributed by atoms with Crippen LogP contribution in [0, 0.1) is 24.0 Å². The second kappa shape index (κ2) is 6.28. The molecule has 0 atom stereocenters. The number of aromatic hydroxyl groups is 2. The van der Waals surface area contributed by atoms with Crippen LogP contribution in [0.1, 0.15) is 11.1 Å². The molecule has 0 spiro atoms. The lowest BCUT2D eigenvalue weighted by Crippen LogP contribution is -1.96. The zero-order chi connectivity index (χ0) is 18.1. The van der Waals surface area contributed by atoms with Crippen LogP contribution >= 0.6 is 0 Å². The Balaban J connectivity index is 2.39. The van der Waals surface area contributed by atoms with E-state index in [9.17, 15) is 20.3 Å². The van der Waals surface area contributed by atoms with Crippen LogP contribution in [0.25, 0.3) is 22.3 Å². The minimum Gasteiger partial charge on any atom is -0.504 e. The monoisotopic (exact) mass is 335 g/mol. The van der Waals surface area contributed by atoms with Crippen LogP contribution in [0.3, 0.4) is 0 Å². The average Bonchev–Trinajstić information content (AvgIpc) is 2.58. The van der Waals surface area contributed by atoms with Crippen molar-refractivity contribution in [2.75, 3.05) is 0 Å². The second-order valence-electron chi connectivity index (χ2n) is 6.00. The first-order chi connectivity index (χ1) is 11.9. The fraction of sp³-hybridized carbons (Fsp3) is 0.100. The van der Waals surface area contributed by atoms with Gasteiger partial charge in [0.05, 0.1) is 10.5 Å². The summed E-state index contributed by atoms with van der Waals surface area (Å²) in [6, 6.07) is 16.1. The molecule has 5 nitrogen and oxygen atoms in total. The van der Waals surface area contributed by atoms with Gasteiger partial charge in [-0.05, 0) is 31.0 Å². The third-order valence-corrected chi connectivity index (χ3v) is 4.14. The molecule has 0 aromatic heterocycles. The molecule has 0 radical (unpaired) electrons. The fourth-order valence-electron chi connectivity index (χ4n) is 2.80. The second-order valence-corrected chi connectivity index (χ2v) is 6.00. The molecule has 0 unspecified atom stereocenters. The molecule has 0 aliphatic carbocycles. The van der Waals surface area contributed by atoms with Crippen molar-refractivity contribution in [1.29, 1.82) is 0 Å². The maximum absolute atomic E-state index is 11.6. The summed E-state index contributed by atoms with van der Waals surface area (Å²) in [6.45, 7) is 3.87. The van der Waals surface area contributed by atoms with Gasteiger partial charge >= 0.3 is 5.69 Å². The first-order valence-electron chi connectivity index (χ1n) is 7.76. The lowest BCUT2D eigenvalue weighted by molar-refractivity contribution is -0.385. The number of phenols is 2. The Labute approximate surface area is 145 Å². The van der Waals surface area contributed by atoms with Crippen molar-refractivity contribution in [2.45, 2.75) is 13.8 Å². The SMILES string of the molecule is Cc1ccc(-c2cc(O)c(O)c([N+](=O)[O-])c2-c2ccc(C)cc2)cc1. The van der Waals surface area contributed by atoms with Gasteiger partial charge in [0.25, 0.3) is 0 Å². The Kier molecular flexibility index (Phi) is 4.15. The van der Waals surface area contributed by atoms with Crippen molar-refractivity contribution in [3.8, 4) is 33.8 Å². The van der Waals surface area contributed by atoms with Gasteiger partial charge in [-0.15, -0.1) is 0 Å². The van der Waals surface area contributed by atoms with Gasteiger partial charge in [-0.25, -0.2) is 0 Å². The summed E-state index contributed by atoms with van der Waals surface area (Å²) in [7, 11) is 0. The number of benzene rings is 3. The number of aryl methyl sites for hydroxylation is 2. The fourth-order valence-corrected chi connectivity index (χ4v) is 2.80. The van der Waals surface area contributed by atoms with Crippen LogP contribution in [0.4, 0.5) is 5.69 Å². The zero-order valence-corrected chi connectivity index (χ0v) is 13.9. The molecule has 126 valence electrons. The van der Waals surface area contributed by atoms with Crippen LogP contribution in [-0.2, 0) is 0 Å². The highest BCUT2D eigenvalue weighted by atomic mass is 16.6. The van der Waals surface area contributed by atoms with Crippen LogP contribution in [0.2, 0.25) is 0 Å². The van der Waals surface area contributed by atoms with Gasteiger partial charge in [0, 0.05) is 5.56 Å². The van der Waals surface area contributed by atoms with Gasteiger partial charge < -0.3 is 10.2 Å². The Hall–Kier alpha value is -3.34. The highest BCUT2D eigenvalue weighted by molar-refractivity contribution is 5.93. The number of nitro groups is 1. The molecular weight excluding hydrogens is 318 g/mol. The maximum atomic E-state index is 11.6. The molecule has 3 rings (SSSR count). The highest BCUT2D eigenvalue weighted by Gasteiger charge is 2.28. The predicted molar refractivity (Wildman–Crippen MR) is 96.8 cm³/mol. The highest BCUT2D eigenvalue weighted by Crippen LogP contribution is 2.48. The minimum atomic E-state index is -0.726. The first-order valence-corrected chi connectivity index (χ1v) is 7.76. The third kappa shape index (κ3) is 3.04. The van der Waals surface area contributed by atoms with Crippen molar-refractivity contribution >= 4 is 5.69 Å². The summed E-state index contributed by atoms with van der Waals surface area (Å²) in [5.74, 6) is -1.24. The van der Waals surface area contributed by atoms with Gasteiger partial charge in [-0.2, -0.15) is 0 Å². The molecule has 0 aliphatic heterocycles. The number of nitro benzene ring substituents is 1. The third-order valence-electron chi connectivity index (χ3n) is 4.14. The van der Waals surface area contributed by atoms with Gasteiger partial charge in [0.15, 0.2) is 5.75 Å². The lowest BCUT2D eigenvalue weighted by Gasteiger charge is -2.13. The van der Waals surface area contributed by atoms with E-state index in [4.69, 9.17) is 0 Å². The van der Waals surface area contributed by atoms with Gasteiger partial charge in [-0.1, -0.05) is 59.7 Å². The Morgan fingerprint density at radius 1 is 0.840 bits per heavy atom. The molecule has 0 saturated carbocycles. The number of rotatable bonds is 3. The van der Waals surface area contributed by atoms with E-state index in [1.165, 1.54) is 6.07 Å². The Morgan fingerprint density at radius 3 is 1.80 bits per heavy atom. The van der Waals surface area contributed by atoms with Crippen LogP contribution in [0.5, 0.6) is 11.5 Å². The smallest absolute Gasteiger partial charge is 0.323 e. The molecule has 3 aromatic carbocycles. The average molecular weight is 335 g/mol. The van der Waals surface area contributed by atoms with E-state index in [1.807, 2.05) is 50.2 Å². The minimum absolute atomic E-state index is 0.282. The number of hydrogen-bond acceptors (Lipinski definition) is 4. The standard InChI is InChI=1S/C20H17NO4/c1-12-3-7-14(8-4-12)16-11-17(22)20(23)19(21(24)25)18(16)15-9-5-13(2)6-10-15/h3-11,22-23H,1-2H3. The predicted octanol–water partition coefficient (Wildman–Crippen LogP) is 4.96. The van der Waals surface area contributed by atoms with Crippen molar-refractivity contribution in [3.05, 3.63) is 75.8 Å². The van der Waals surface area contributed by atoms with E-state index < -0.39 is 22.1 Å². The van der Waals surface area contributed by atoms with E-state index >= 15 is 0 Å². The van der Waals surface area contributed by atoms with E-state index in [1.54, 1.807) is 12.1 Å². The Bertz CT molecular complexity index is 945. The molecular formula is C20H17NO4. The molecule has 0 saturated heterocycles. The van der Waals surface area contributed by atoms with E-state index in [0.717, 1.165) is 16.7 Å². The summed E-state index contributed by atoms with van der Waals surface area (Å²) >= 11 is 0. The molecule has 3 aromatic rings. The number of nitrogens with zero attached hydrogens (tertiary/aromatic N) is 1. The Morgan fingerprint density at radius 2 is 1.32 bits per heavy atom. The summed E-state index contributed by atoms with van der Waals surface area (Å²) in [5.41, 5.74) is 3.67. The molecule has 0 aliphatic rings. The van der Waals surface area contributed by atoms with E-state index in [0.29, 0.717) is 11.1 Å². The molecule has 0 amide bonds. The topological polar surface area (TPSA) is 83.6 Å². The van der Waals surface area contributed by atoms with Crippen molar-refractivity contribution in [1.82, 2.24) is 0 Å². The van der Waals surface area contributed by atoms with Crippen LogP contribution in [0.15, 0.2) is 54.6 Å². The van der Waals surface area contributed by atoms with Crippen LogP contribution in [-0.4, -0.2) is 15.1 Å². The van der Waals surface area contributed by atoms with Crippen molar-refractivity contribution in [3.63, 3.8) is 0 Å². The lowest BCUT2D eigenvalue weighted by atomic mass is 9.91. The zero-order valence-electron chi connectivity index (χ0n) is 13.9. The van der Waals surface area contributed by atoms with Crippen molar-refractivity contribution < 1.29 is 15.1 Å². The van der Waals surface area contributed by atoms with Crippen molar-refractivity contribution in [2.24, 2.45) is 0 Å². The maximum Gasteiger partial charge on any atom is 0.323 e.